The Hall–Kier alpha value is -2.58. The van der Waals surface area contributed by atoms with Gasteiger partial charge in [-0.25, -0.2) is 5.01 Å². The predicted octanol–water partition coefficient (Wildman–Crippen LogP) is 2.47. The minimum Gasteiger partial charge on any atom is -0.406 e. The number of anilines is 1. The summed E-state index contributed by atoms with van der Waals surface area (Å²) in [6.07, 6.45) is -3.12. The van der Waals surface area contributed by atoms with E-state index in [1.807, 2.05) is 0 Å². The van der Waals surface area contributed by atoms with Crippen LogP contribution in [-0.4, -0.2) is 42.5 Å². The van der Waals surface area contributed by atoms with Crippen LogP contribution in [0.15, 0.2) is 23.3 Å². The number of hydrogen-bond acceptors (Lipinski definition) is 4. The highest BCUT2D eigenvalue weighted by Gasteiger charge is 2.33. The van der Waals surface area contributed by atoms with Crippen molar-refractivity contribution in [2.45, 2.75) is 32.0 Å². The zero-order chi connectivity index (χ0) is 18.2. The molecule has 6 nitrogen and oxygen atoms in total. The average Bonchev–Trinajstić information content (AvgIpc) is 2.54. The van der Waals surface area contributed by atoms with Crippen molar-refractivity contribution in [1.29, 1.82) is 0 Å². The van der Waals surface area contributed by atoms with Gasteiger partial charge in [0, 0.05) is 32.1 Å². The summed E-state index contributed by atoms with van der Waals surface area (Å²) < 4.78 is 41.0. The molecule has 3 rings (SSSR count). The largest absolute Gasteiger partial charge is 0.573 e. The summed E-state index contributed by atoms with van der Waals surface area (Å²) in [4.78, 5) is 25.7. The fourth-order valence-electron chi connectivity index (χ4n) is 2.96. The van der Waals surface area contributed by atoms with Crippen LogP contribution in [0.1, 0.15) is 24.8 Å². The van der Waals surface area contributed by atoms with Gasteiger partial charge in [0.15, 0.2) is 0 Å². The van der Waals surface area contributed by atoms with Crippen LogP contribution in [-0.2, 0) is 16.0 Å². The van der Waals surface area contributed by atoms with Crippen LogP contribution in [0.2, 0.25) is 0 Å². The summed E-state index contributed by atoms with van der Waals surface area (Å²) in [5.41, 5.74) is 1.43. The molecule has 0 atom stereocenters. The highest BCUT2D eigenvalue weighted by molar-refractivity contribution is 6.44. The fraction of sp³-hybridized carbons (Fsp3) is 0.438. The van der Waals surface area contributed by atoms with E-state index < -0.39 is 6.36 Å². The average molecular weight is 355 g/mol. The van der Waals surface area contributed by atoms with Gasteiger partial charge in [0.1, 0.15) is 11.5 Å². The first-order chi connectivity index (χ1) is 11.7. The van der Waals surface area contributed by atoms with Gasteiger partial charge in [-0.1, -0.05) is 0 Å². The van der Waals surface area contributed by atoms with Crippen LogP contribution < -0.4 is 9.64 Å². The third kappa shape index (κ3) is 3.75. The first-order valence-corrected chi connectivity index (χ1v) is 7.79. The van der Waals surface area contributed by atoms with Gasteiger partial charge in [0.05, 0.1) is 0 Å². The van der Waals surface area contributed by atoms with Crippen LogP contribution in [0.3, 0.4) is 0 Å². The van der Waals surface area contributed by atoms with E-state index in [1.165, 1.54) is 30.1 Å². The number of benzene rings is 1. The second kappa shape index (κ2) is 6.38. The highest BCUT2D eigenvalue weighted by atomic mass is 19.4. The lowest BCUT2D eigenvalue weighted by Gasteiger charge is -2.31. The van der Waals surface area contributed by atoms with Gasteiger partial charge in [0.25, 0.3) is 5.91 Å². The summed E-state index contributed by atoms with van der Waals surface area (Å²) in [5.74, 6) is -0.796. The molecule has 0 unspecified atom stereocenters. The van der Waals surface area contributed by atoms with E-state index in [4.69, 9.17) is 0 Å². The molecule has 0 bridgehead atoms. The highest BCUT2D eigenvalue weighted by Crippen LogP contribution is 2.33. The number of hydrogen-bond donors (Lipinski definition) is 0. The monoisotopic (exact) mass is 355 g/mol. The quantitative estimate of drug-likeness (QED) is 0.819. The molecule has 2 amide bonds. The smallest absolute Gasteiger partial charge is 0.406 e. The lowest BCUT2D eigenvalue weighted by molar-refractivity contribution is -0.274. The molecule has 0 aromatic heterocycles. The summed E-state index contributed by atoms with van der Waals surface area (Å²) in [6.45, 7) is 0.446. The minimum atomic E-state index is -4.76. The summed E-state index contributed by atoms with van der Waals surface area (Å²) in [7, 11) is 1.49. The SMILES string of the molecule is CN1N=C(C(=O)N2CCCc3cc(OC(F)(F)F)ccc32)CCC1=O. The molecule has 2 aliphatic rings. The van der Waals surface area contributed by atoms with Gasteiger partial charge in [-0.15, -0.1) is 13.2 Å². The van der Waals surface area contributed by atoms with Crippen molar-refractivity contribution in [3.63, 3.8) is 0 Å². The minimum absolute atomic E-state index is 0.162. The molecule has 0 aliphatic carbocycles. The van der Waals surface area contributed by atoms with Gasteiger partial charge in [-0.3, -0.25) is 9.59 Å². The van der Waals surface area contributed by atoms with Crippen molar-refractivity contribution in [1.82, 2.24) is 5.01 Å². The Morgan fingerprint density at radius 1 is 1.24 bits per heavy atom. The molecule has 2 heterocycles. The van der Waals surface area contributed by atoms with Gasteiger partial charge >= 0.3 is 6.36 Å². The van der Waals surface area contributed by atoms with E-state index >= 15 is 0 Å². The molecule has 0 spiro atoms. The second-order valence-corrected chi connectivity index (χ2v) is 5.86. The first kappa shape index (κ1) is 17.2. The van der Waals surface area contributed by atoms with E-state index in [1.54, 1.807) is 0 Å². The van der Waals surface area contributed by atoms with Crippen molar-refractivity contribution in [2.75, 3.05) is 18.5 Å². The number of rotatable bonds is 2. The number of carbonyl (C=O) groups excluding carboxylic acids is 2. The molecule has 0 saturated carbocycles. The Labute approximate surface area is 141 Å². The standard InChI is InChI=1S/C16H16F3N3O3/c1-21-14(23)7-5-12(20-21)15(24)22-8-2-3-10-9-11(4-6-13(10)22)25-16(17,18)19/h4,6,9H,2-3,5,7-8H2,1H3. The van der Waals surface area contributed by atoms with Crippen molar-refractivity contribution in [3.8, 4) is 5.75 Å². The number of ether oxygens (including phenoxy) is 1. The zero-order valence-corrected chi connectivity index (χ0v) is 13.5. The topological polar surface area (TPSA) is 62.2 Å². The summed E-state index contributed by atoms with van der Waals surface area (Å²) in [6, 6.07) is 3.95. The Morgan fingerprint density at radius 2 is 2.00 bits per heavy atom. The van der Waals surface area contributed by atoms with E-state index in [-0.39, 0.29) is 36.1 Å². The zero-order valence-electron chi connectivity index (χ0n) is 13.5. The van der Waals surface area contributed by atoms with Crippen LogP contribution >= 0.6 is 0 Å². The molecule has 1 aromatic carbocycles. The molecule has 2 aliphatic heterocycles. The molecule has 0 saturated heterocycles. The third-order valence-corrected chi connectivity index (χ3v) is 4.10. The van der Waals surface area contributed by atoms with E-state index in [2.05, 4.69) is 9.84 Å². The maximum absolute atomic E-state index is 12.7. The van der Waals surface area contributed by atoms with Gasteiger partial charge in [-0.2, -0.15) is 5.10 Å². The van der Waals surface area contributed by atoms with E-state index in [0.717, 1.165) is 5.01 Å². The van der Waals surface area contributed by atoms with Gasteiger partial charge in [-0.05, 0) is 36.6 Å². The van der Waals surface area contributed by atoms with Gasteiger partial charge in [0.2, 0.25) is 5.91 Å². The molecule has 134 valence electrons. The first-order valence-electron chi connectivity index (χ1n) is 7.79. The van der Waals surface area contributed by atoms with Crippen LogP contribution in [0, 0.1) is 0 Å². The lowest BCUT2D eigenvalue weighted by atomic mass is 10.00. The summed E-state index contributed by atoms with van der Waals surface area (Å²) in [5, 5.41) is 5.15. The maximum Gasteiger partial charge on any atom is 0.573 e. The number of hydrazone groups is 1. The van der Waals surface area contributed by atoms with Crippen molar-refractivity contribution in [2.24, 2.45) is 5.10 Å². The maximum atomic E-state index is 12.7. The molecule has 0 N–H and O–H groups in total. The number of amides is 2. The number of aryl methyl sites for hydroxylation is 1. The predicted molar refractivity (Wildman–Crippen MR) is 83.2 cm³/mol. The fourth-order valence-corrected chi connectivity index (χ4v) is 2.96. The number of halogens is 3. The van der Waals surface area contributed by atoms with Crippen LogP contribution in [0.25, 0.3) is 0 Å². The number of alkyl halides is 3. The van der Waals surface area contributed by atoms with Crippen LogP contribution in [0.4, 0.5) is 18.9 Å². The van der Waals surface area contributed by atoms with Crippen molar-refractivity contribution >= 4 is 23.2 Å². The Bertz CT molecular complexity index is 746. The Kier molecular flexibility index (Phi) is 4.40. The van der Waals surface area contributed by atoms with E-state index in [9.17, 15) is 22.8 Å². The molecule has 25 heavy (non-hydrogen) atoms. The number of fused-ring (bicyclic) bond motifs is 1. The molecule has 1 aromatic rings. The van der Waals surface area contributed by atoms with Crippen molar-refractivity contribution < 1.29 is 27.5 Å². The number of carbonyl (C=O) groups is 2. The molecule has 0 fully saturated rings. The Balaban J connectivity index is 1.85. The molecule has 0 radical (unpaired) electrons. The number of nitrogens with zero attached hydrogens (tertiary/aromatic N) is 3. The van der Waals surface area contributed by atoms with E-state index in [0.29, 0.717) is 30.6 Å². The second-order valence-electron chi connectivity index (χ2n) is 5.86. The normalized spacial score (nSPS) is 17.9. The molecular weight excluding hydrogens is 339 g/mol. The van der Waals surface area contributed by atoms with Gasteiger partial charge < -0.3 is 9.64 Å². The van der Waals surface area contributed by atoms with Crippen LogP contribution in [0.5, 0.6) is 5.75 Å². The molecular formula is C16H16F3N3O3. The summed E-state index contributed by atoms with van der Waals surface area (Å²) >= 11 is 0. The lowest BCUT2D eigenvalue weighted by Crippen LogP contribution is -2.43. The molecule has 9 heteroatoms. The van der Waals surface area contributed by atoms with Crippen molar-refractivity contribution in [3.05, 3.63) is 23.8 Å². The third-order valence-electron chi connectivity index (χ3n) is 4.10. The Morgan fingerprint density at radius 3 is 2.68 bits per heavy atom.